The SMILES string of the molecule is O=C(CCn1[nH]c(=O)ccc1=O)N1CC[NH+](Cc2ccc3c(c2)CCO3)CC1. The second kappa shape index (κ2) is 8.02. The summed E-state index contributed by atoms with van der Waals surface area (Å²) < 4.78 is 6.75. The summed E-state index contributed by atoms with van der Waals surface area (Å²) in [5.41, 5.74) is 1.95. The number of hydrogen-bond acceptors (Lipinski definition) is 4. The Hall–Kier alpha value is -2.87. The number of quaternary nitrogens is 1. The van der Waals surface area contributed by atoms with Crippen molar-refractivity contribution in [2.24, 2.45) is 0 Å². The van der Waals surface area contributed by atoms with E-state index in [1.54, 1.807) is 0 Å². The van der Waals surface area contributed by atoms with E-state index < -0.39 is 0 Å². The number of H-pyrrole nitrogens is 1. The van der Waals surface area contributed by atoms with Gasteiger partial charge in [-0.05, 0) is 23.8 Å². The third-order valence-electron chi connectivity index (χ3n) is 5.47. The predicted octanol–water partition coefficient (Wildman–Crippen LogP) is -1.21. The third kappa shape index (κ3) is 4.17. The lowest BCUT2D eigenvalue weighted by atomic mass is 10.1. The average Bonchev–Trinajstić information content (AvgIpc) is 3.17. The Morgan fingerprint density at radius 1 is 1.14 bits per heavy atom. The number of aromatic amines is 1. The van der Waals surface area contributed by atoms with Crippen molar-refractivity contribution in [3.8, 4) is 5.75 Å². The van der Waals surface area contributed by atoms with Crippen molar-refractivity contribution >= 4 is 5.91 Å². The molecular weight excluding hydrogens is 360 g/mol. The van der Waals surface area contributed by atoms with Gasteiger partial charge in [0.05, 0.1) is 39.3 Å². The predicted molar refractivity (Wildman–Crippen MR) is 103 cm³/mol. The molecule has 2 aliphatic heterocycles. The summed E-state index contributed by atoms with van der Waals surface area (Å²) in [6.07, 6.45) is 1.19. The molecule has 2 aliphatic rings. The molecule has 0 unspecified atom stereocenters. The monoisotopic (exact) mass is 385 g/mol. The maximum Gasteiger partial charge on any atom is 0.265 e. The quantitative estimate of drug-likeness (QED) is 0.676. The summed E-state index contributed by atoms with van der Waals surface area (Å²) in [5, 5.41) is 2.45. The first-order valence-electron chi connectivity index (χ1n) is 9.74. The highest BCUT2D eigenvalue weighted by atomic mass is 16.5. The molecule has 0 aliphatic carbocycles. The zero-order valence-corrected chi connectivity index (χ0v) is 15.8. The van der Waals surface area contributed by atoms with Gasteiger partial charge in [0.15, 0.2) is 0 Å². The fraction of sp³-hybridized carbons (Fsp3) is 0.450. The minimum atomic E-state index is -0.345. The summed E-state index contributed by atoms with van der Waals surface area (Å²) in [5.74, 6) is 1.03. The minimum Gasteiger partial charge on any atom is -0.493 e. The number of nitrogens with one attached hydrogen (secondary N) is 2. The first-order chi connectivity index (χ1) is 13.6. The molecular formula is C20H25N4O4+. The standard InChI is InChI=1S/C20H24N4O4/c25-18-3-4-20(27)24(21-18)7-5-19(26)23-10-8-22(9-11-23)14-15-1-2-17-16(13-15)6-12-28-17/h1-4,13H,5-12,14H2,(H,21,25)/p+1. The maximum atomic E-state index is 12.5. The van der Waals surface area contributed by atoms with Crippen molar-refractivity contribution in [1.82, 2.24) is 14.7 Å². The van der Waals surface area contributed by atoms with Gasteiger partial charge in [-0.3, -0.25) is 19.5 Å². The molecule has 1 aromatic carbocycles. The van der Waals surface area contributed by atoms with Crippen molar-refractivity contribution < 1.29 is 14.4 Å². The highest BCUT2D eigenvalue weighted by Gasteiger charge is 2.24. The fourth-order valence-electron chi connectivity index (χ4n) is 3.88. The van der Waals surface area contributed by atoms with Crippen LogP contribution < -0.4 is 20.8 Å². The molecule has 2 N–H and O–H groups in total. The second-order valence-electron chi connectivity index (χ2n) is 7.40. The number of rotatable bonds is 5. The Balaban J connectivity index is 1.26. The van der Waals surface area contributed by atoms with Gasteiger partial charge in [0.25, 0.3) is 11.1 Å². The van der Waals surface area contributed by atoms with Crippen molar-refractivity contribution in [2.45, 2.75) is 25.9 Å². The van der Waals surface area contributed by atoms with Crippen LogP contribution in [0.25, 0.3) is 0 Å². The van der Waals surface area contributed by atoms with Crippen LogP contribution in [-0.4, -0.2) is 53.4 Å². The van der Waals surface area contributed by atoms with Crippen LogP contribution in [0.1, 0.15) is 17.5 Å². The summed E-state index contributed by atoms with van der Waals surface area (Å²) in [6.45, 7) is 5.15. The van der Waals surface area contributed by atoms with Gasteiger partial charge in [-0.15, -0.1) is 0 Å². The molecule has 0 spiro atoms. The molecule has 1 saturated heterocycles. The molecule has 3 heterocycles. The highest BCUT2D eigenvalue weighted by molar-refractivity contribution is 5.76. The highest BCUT2D eigenvalue weighted by Crippen LogP contribution is 2.25. The maximum absolute atomic E-state index is 12.5. The number of carbonyl (C=O) groups is 1. The number of amides is 1. The molecule has 1 fully saturated rings. The van der Waals surface area contributed by atoms with Gasteiger partial charge in [0.2, 0.25) is 5.91 Å². The number of hydrogen-bond donors (Lipinski definition) is 2. The Morgan fingerprint density at radius 2 is 1.96 bits per heavy atom. The Labute approximate surface area is 162 Å². The first kappa shape index (κ1) is 18.5. The number of benzene rings is 1. The lowest BCUT2D eigenvalue weighted by Gasteiger charge is -2.32. The molecule has 0 radical (unpaired) electrons. The smallest absolute Gasteiger partial charge is 0.265 e. The van der Waals surface area contributed by atoms with Gasteiger partial charge < -0.3 is 14.5 Å². The van der Waals surface area contributed by atoms with Crippen molar-refractivity contribution in [3.63, 3.8) is 0 Å². The van der Waals surface area contributed by atoms with E-state index in [1.165, 1.54) is 32.8 Å². The molecule has 4 rings (SSSR count). The second-order valence-corrected chi connectivity index (χ2v) is 7.40. The van der Waals surface area contributed by atoms with Crippen LogP contribution in [-0.2, 0) is 24.3 Å². The lowest BCUT2D eigenvalue weighted by Crippen LogP contribution is -3.13. The van der Waals surface area contributed by atoms with E-state index in [0.717, 1.165) is 38.4 Å². The van der Waals surface area contributed by atoms with Crippen LogP contribution in [0, 0.1) is 0 Å². The summed E-state index contributed by atoms with van der Waals surface area (Å²) in [7, 11) is 0. The van der Waals surface area contributed by atoms with E-state index in [4.69, 9.17) is 4.74 Å². The van der Waals surface area contributed by atoms with Crippen molar-refractivity contribution in [2.75, 3.05) is 32.8 Å². The third-order valence-corrected chi connectivity index (χ3v) is 5.47. The van der Waals surface area contributed by atoms with E-state index in [2.05, 4.69) is 23.3 Å². The van der Waals surface area contributed by atoms with Crippen molar-refractivity contribution in [3.05, 3.63) is 62.2 Å². The average molecular weight is 385 g/mol. The number of ether oxygens (including phenoxy) is 1. The van der Waals surface area contributed by atoms with E-state index in [-0.39, 0.29) is 30.0 Å². The lowest BCUT2D eigenvalue weighted by molar-refractivity contribution is -0.917. The molecule has 28 heavy (non-hydrogen) atoms. The van der Waals surface area contributed by atoms with Crippen LogP contribution in [0.15, 0.2) is 39.9 Å². The molecule has 2 aromatic rings. The molecule has 1 aromatic heterocycles. The fourth-order valence-corrected chi connectivity index (χ4v) is 3.88. The number of piperazine rings is 1. The molecule has 8 heteroatoms. The van der Waals surface area contributed by atoms with Gasteiger partial charge in [-0.2, -0.15) is 0 Å². The largest absolute Gasteiger partial charge is 0.493 e. The Kier molecular flexibility index (Phi) is 5.29. The summed E-state index contributed by atoms with van der Waals surface area (Å²) >= 11 is 0. The molecule has 0 atom stereocenters. The Morgan fingerprint density at radius 3 is 2.79 bits per heavy atom. The first-order valence-corrected chi connectivity index (χ1v) is 9.74. The molecule has 148 valence electrons. The minimum absolute atomic E-state index is 0.0188. The van der Waals surface area contributed by atoms with Gasteiger partial charge in [0, 0.05) is 30.5 Å². The van der Waals surface area contributed by atoms with E-state index in [1.807, 2.05) is 4.90 Å². The van der Waals surface area contributed by atoms with E-state index >= 15 is 0 Å². The van der Waals surface area contributed by atoms with E-state index in [9.17, 15) is 14.4 Å². The van der Waals surface area contributed by atoms with Crippen molar-refractivity contribution in [1.29, 1.82) is 0 Å². The van der Waals surface area contributed by atoms with Gasteiger partial charge in [-0.1, -0.05) is 0 Å². The zero-order chi connectivity index (χ0) is 19.5. The summed E-state index contributed by atoms with van der Waals surface area (Å²) in [4.78, 5) is 38.8. The molecule has 0 bridgehead atoms. The number of aryl methyl sites for hydroxylation is 1. The van der Waals surface area contributed by atoms with Crippen LogP contribution in [0.3, 0.4) is 0 Å². The van der Waals surface area contributed by atoms with Gasteiger partial charge in [-0.25, -0.2) is 4.68 Å². The zero-order valence-electron chi connectivity index (χ0n) is 15.8. The number of aromatic nitrogens is 2. The molecule has 0 saturated carbocycles. The number of carbonyl (C=O) groups excluding carboxylic acids is 1. The van der Waals surface area contributed by atoms with Gasteiger partial charge >= 0.3 is 0 Å². The van der Waals surface area contributed by atoms with Gasteiger partial charge in [0.1, 0.15) is 12.3 Å². The van der Waals surface area contributed by atoms with Crippen LogP contribution >= 0.6 is 0 Å². The van der Waals surface area contributed by atoms with Crippen LogP contribution in [0.2, 0.25) is 0 Å². The van der Waals surface area contributed by atoms with Crippen LogP contribution in [0.4, 0.5) is 0 Å². The Bertz CT molecular complexity index is 973. The number of fused-ring (bicyclic) bond motifs is 1. The number of nitrogens with zero attached hydrogens (tertiary/aromatic N) is 2. The van der Waals surface area contributed by atoms with Crippen LogP contribution in [0.5, 0.6) is 5.75 Å². The van der Waals surface area contributed by atoms with E-state index in [0.29, 0.717) is 13.1 Å². The molecule has 1 amide bonds. The summed E-state index contributed by atoms with van der Waals surface area (Å²) in [6, 6.07) is 8.85. The molecule has 8 nitrogen and oxygen atoms in total. The normalized spacial score (nSPS) is 16.6. The topological polar surface area (TPSA) is 88.8 Å².